The van der Waals surface area contributed by atoms with E-state index in [0.29, 0.717) is 10.8 Å². The minimum Gasteiger partial charge on any atom is -0.383 e. The van der Waals surface area contributed by atoms with Gasteiger partial charge in [-0.1, -0.05) is 11.6 Å². The summed E-state index contributed by atoms with van der Waals surface area (Å²) >= 11 is 7.53. The van der Waals surface area contributed by atoms with Gasteiger partial charge in [0.2, 0.25) is 0 Å². The summed E-state index contributed by atoms with van der Waals surface area (Å²) in [5.74, 6) is 0.495. The molecule has 0 radical (unpaired) electrons. The van der Waals surface area contributed by atoms with Gasteiger partial charge in [-0.05, 0) is 13.8 Å². The number of nitrogens with two attached hydrogens (primary N) is 1. The Balaban J connectivity index is 2.42. The summed E-state index contributed by atoms with van der Waals surface area (Å²) in [7, 11) is 0. The average molecular weight is 243 g/mol. The van der Waals surface area contributed by atoms with Crippen molar-refractivity contribution >= 4 is 28.8 Å². The molecule has 0 spiro atoms. The van der Waals surface area contributed by atoms with Gasteiger partial charge in [0.1, 0.15) is 10.8 Å². The zero-order chi connectivity index (χ0) is 11.0. The fraction of sp³-hybridized carbons (Fsp3) is 0.333. The second-order valence-electron chi connectivity index (χ2n) is 3.32. The maximum Gasteiger partial charge on any atom is 0.141 e. The molecule has 2 N–H and O–H groups in total. The van der Waals surface area contributed by atoms with Gasteiger partial charge in [-0.3, -0.25) is 0 Å². The summed E-state index contributed by atoms with van der Waals surface area (Å²) in [4.78, 5) is 4.23. The Morgan fingerprint density at radius 3 is 2.80 bits per heavy atom. The van der Waals surface area contributed by atoms with Crippen LogP contribution in [-0.4, -0.2) is 14.8 Å². The first-order valence-electron chi connectivity index (χ1n) is 4.49. The summed E-state index contributed by atoms with van der Waals surface area (Å²) in [5.41, 5.74) is 9.34. The highest BCUT2D eigenvalue weighted by Gasteiger charge is 2.17. The van der Waals surface area contributed by atoms with E-state index in [-0.39, 0.29) is 6.04 Å². The first-order chi connectivity index (χ1) is 7.11. The molecule has 1 atom stereocenters. The van der Waals surface area contributed by atoms with Gasteiger partial charge in [-0.2, -0.15) is 5.10 Å². The third kappa shape index (κ3) is 1.72. The van der Waals surface area contributed by atoms with Crippen LogP contribution in [-0.2, 0) is 0 Å². The molecule has 0 saturated heterocycles. The van der Waals surface area contributed by atoms with Gasteiger partial charge in [-0.25, -0.2) is 9.67 Å². The number of thiazole rings is 1. The molecule has 2 aromatic heterocycles. The Bertz CT molecular complexity index is 463. The smallest absolute Gasteiger partial charge is 0.141 e. The van der Waals surface area contributed by atoms with Gasteiger partial charge in [0.15, 0.2) is 0 Å². The average Bonchev–Trinajstić information content (AvgIpc) is 2.82. The largest absolute Gasteiger partial charge is 0.383 e. The minimum absolute atomic E-state index is 0.0162. The lowest BCUT2D eigenvalue weighted by molar-refractivity contribution is 0.558. The standard InChI is InChI=1S/C9H11ClN4S/c1-5-8(10)9(11)14(13-5)6(2)7-3-15-4-12-7/h3-4,6H,11H2,1-2H3. The number of halogens is 1. The van der Waals surface area contributed by atoms with Crippen molar-refractivity contribution in [2.45, 2.75) is 19.9 Å². The molecule has 0 aliphatic carbocycles. The number of aryl methyl sites for hydroxylation is 1. The molecule has 0 aliphatic heterocycles. The third-order valence-electron chi connectivity index (χ3n) is 2.29. The zero-order valence-electron chi connectivity index (χ0n) is 8.44. The van der Waals surface area contributed by atoms with Crippen LogP contribution in [0.5, 0.6) is 0 Å². The Morgan fingerprint density at radius 1 is 1.60 bits per heavy atom. The van der Waals surface area contributed by atoms with E-state index in [4.69, 9.17) is 17.3 Å². The van der Waals surface area contributed by atoms with Crippen LogP contribution in [0.15, 0.2) is 10.9 Å². The molecule has 2 heterocycles. The highest BCUT2D eigenvalue weighted by molar-refractivity contribution is 7.07. The Kier molecular flexibility index (Phi) is 2.67. The van der Waals surface area contributed by atoms with E-state index >= 15 is 0 Å². The predicted molar refractivity (Wildman–Crippen MR) is 62.3 cm³/mol. The van der Waals surface area contributed by atoms with Gasteiger partial charge >= 0.3 is 0 Å². The lowest BCUT2D eigenvalue weighted by atomic mass is 10.3. The number of rotatable bonds is 2. The molecule has 0 aromatic carbocycles. The molecule has 0 fully saturated rings. The van der Waals surface area contributed by atoms with Gasteiger partial charge < -0.3 is 5.73 Å². The van der Waals surface area contributed by atoms with Crippen LogP contribution in [0.4, 0.5) is 5.82 Å². The SMILES string of the molecule is Cc1nn(C(C)c2cscn2)c(N)c1Cl. The van der Waals surface area contributed by atoms with Crippen molar-refractivity contribution in [3.05, 3.63) is 27.3 Å². The van der Waals surface area contributed by atoms with Crippen LogP contribution in [0, 0.1) is 6.92 Å². The van der Waals surface area contributed by atoms with E-state index in [9.17, 15) is 0 Å². The van der Waals surface area contributed by atoms with Gasteiger partial charge in [0, 0.05) is 5.38 Å². The molecule has 80 valence electrons. The topological polar surface area (TPSA) is 56.7 Å². The van der Waals surface area contributed by atoms with Gasteiger partial charge in [-0.15, -0.1) is 11.3 Å². The number of anilines is 1. The molecule has 2 aromatic rings. The van der Waals surface area contributed by atoms with E-state index in [1.54, 1.807) is 21.5 Å². The third-order valence-corrected chi connectivity index (χ3v) is 3.37. The molecule has 2 rings (SSSR count). The number of aromatic nitrogens is 3. The molecule has 0 bridgehead atoms. The lowest BCUT2D eigenvalue weighted by Gasteiger charge is -2.10. The summed E-state index contributed by atoms with van der Waals surface area (Å²) < 4.78 is 1.70. The highest BCUT2D eigenvalue weighted by Crippen LogP contribution is 2.27. The van der Waals surface area contributed by atoms with Crippen molar-refractivity contribution in [2.24, 2.45) is 0 Å². The first-order valence-corrected chi connectivity index (χ1v) is 5.81. The Hall–Kier alpha value is -1.07. The van der Waals surface area contributed by atoms with Crippen molar-refractivity contribution < 1.29 is 0 Å². The molecular formula is C9H11ClN4S. The van der Waals surface area contributed by atoms with Crippen molar-refractivity contribution in [1.82, 2.24) is 14.8 Å². The Labute approximate surface area is 96.7 Å². The molecule has 6 heteroatoms. The van der Waals surface area contributed by atoms with Crippen molar-refractivity contribution in [1.29, 1.82) is 0 Å². The van der Waals surface area contributed by atoms with Crippen molar-refractivity contribution in [3.63, 3.8) is 0 Å². The van der Waals surface area contributed by atoms with E-state index in [1.165, 1.54) is 0 Å². The molecule has 1 unspecified atom stereocenters. The normalized spacial score (nSPS) is 13.0. The van der Waals surface area contributed by atoms with Crippen LogP contribution in [0.25, 0.3) is 0 Å². The predicted octanol–water partition coefficient (Wildman–Crippen LogP) is 2.49. The van der Waals surface area contributed by atoms with E-state index < -0.39 is 0 Å². The van der Waals surface area contributed by atoms with Crippen LogP contribution >= 0.6 is 22.9 Å². The minimum atomic E-state index is 0.0162. The number of nitrogen functional groups attached to an aromatic ring is 1. The second-order valence-corrected chi connectivity index (χ2v) is 4.42. The summed E-state index contributed by atoms with van der Waals surface area (Å²) in [6, 6.07) is 0.0162. The molecule has 0 amide bonds. The summed E-state index contributed by atoms with van der Waals surface area (Å²) in [5, 5.41) is 6.80. The maximum absolute atomic E-state index is 5.98. The van der Waals surface area contributed by atoms with Crippen LogP contribution in [0.1, 0.15) is 24.4 Å². The number of hydrogen-bond acceptors (Lipinski definition) is 4. The maximum atomic E-state index is 5.98. The summed E-state index contributed by atoms with van der Waals surface area (Å²) in [6.45, 7) is 3.83. The Morgan fingerprint density at radius 2 is 2.33 bits per heavy atom. The summed E-state index contributed by atoms with van der Waals surface area (Å²) in [6.07, 6.45) is 0. The first kappa shape index (κ1) is 10.4. The monoisotopic (exact) mass is 242 g/mol. The molecular weight excluding hydrogens is 232 g/mol. The van der Waals surface area contributed by atoms with E-state index in [0.717, 1.165) is 11.4 Å². The quantitative estimate of drug-likeness (QED) is 0.880. The fourth-order valence-electron chi connectivity index (χ4n) is 1.39. The highest BCUT2D eigenvalue weighted by atomic mass is 35.5. The van der Waals surface area contributed by atoms with Crippen LogP contribution in [0.2, 0.25) is 5.02 Å². The zero-order valence-corrected chi connectivity index (χ0v) is 10.0. The van der Waals surface area contributed by atoms with Crippen molar-refractivity contribution in [2.75, 3.05) is 5.73 Å². The number of hydrogen-bond donors (Lipinski definition) is 1. The molecule has 0 aliphatic rings. The fourth-order valence-corrected chi connectivity index (χ4v) is 2.16. The van der Waals surface area contributed by atoms with Gasteiger partial charge in [0.05, 0.1) is 22.9 Å². The van der Waals surface area contributed by atoms with E-state index in [2.05, 4.69) is 10.1 Å². The van der Waals surface area contributed by atoms with Crippen LogP contribution in [0.3, 0.4) is 0 Å². The van der Waals surface area contributed by atoms with Crippen LogP contribution < -0.4 is 5.73 Å². The molecule has 0 saturated carbocycles. The van der Waals surface area contributed by atoms with E-state index in [1.807, 2.05) is 19.2 Å². The lowest BCUT2D eigenvalue weighted by Crippen LogP contribution is -2.11. The van der Waals surface area contributed by atoms with Gasteiger partial charge in [0.25, 0.3) is 0 Å². The number of nitrogens with zero attached hydrogens (tertiary/aromatic N) is 3. The molecule has 15 heavy (non-hydrogen) atoms. The molecule has 4 nitrogen and oxygen atoms in total. The van der Waals surface area contributed by atoms with Crippen molar-refractivity contribution in [3.8, 4) is 0 Å². The second kappa shape index (κ2) is 3.83.